The fourth-order valence-corrected chi connectivity index (χ4v) is 1.83. The van der Waals surface area contributed by atoms with E-state index in [-0.39, 0.29) is 6.61 Å². The Kier molecular flexibility index (Phi) is 3.51. The molecule has 7 nitrogen and oxygen atoms in total. The fourth-order valence-electron chi connectivity index (χ4n) is 1.83. The van der Waals surface area contributed by atoms with Crippen LogP contribution in [0.1, 0.15) is 23.0 Å². The highest BCUT2D eigenvalue weighted by Crippen LogP contribution is 2.07. The summed E-state index contributed by atoms with van der Waals surface area (Å²) >= 11 is 0. The summed E-state index contributed by atoms with van der Waals surface area (Å²) in [5.41, 5.74) is 1.64. The molecule has 20 heavy (non-hydrogen) atoms. The predicted molar refractivity (Wildman–Crippen MR) is 68.6 cm³/mol. The normalized spacial score (nSPS) is 10.8. The summed E-state index contributed by atoms with van der Waals surface area (Å²) in [6, 6.07) is 9.95. The predicted octanol–water partition coefficient (Wildman–Crippen LogP) is 0.792. The van der Waals surface area contributed by atoms with Crippen molar-refractivity contribution in [3.05, 3.63) is 59.5 Å². The van der Waals surface area contributed by atoms with Crippen LogP contribution in [-0.2, 0) is 19.6 Å². The molecule has 0 aliphatic heterocycles. The van der Waals surface area contributed by atoms with Gasteiger partial charge < -0.3 is 9.63 Å². The van der Waals surface area contributed by atoms with Crippen LogP contribution in [0.3, 0.4) is 0 Å². The zero-order chi connectivity index (χ0) is 13.8. The molecule has 3 rings (SSSR count). The van der Waals surface area contributed by atoms with E-state index in [1.807, 2.05) is 30.3 Å². The topological polar surface area (TPSA) is 89.9 Å². The van der Waals surface area contributed by atoms with Gasteiger partial charge in [-0.15, -0.1) is 5.10 Å². The van der Waals surface area contributed by atoms with Gasteiger partial charge in [-0.1, -0.05) is 40.7 Å². The Morgan fingerprint density at radius 1 is 1.20 bits per heavy atom. The van der Waals surface area contributed by atoms with Crippen molar-refractivity contribution in [1.29, 1.82) is 0 Å². The molecule has 2 aromatic heterocycles. The molecular weight excluding hydrogens is 258 g/mol. The van der Waals surface area contributed by atoms with Gasteiger partial charge in [-0.3, -0.25) is 0 Å². The first-order valence-corrected chi connectivity index (χ1v) is 6.19. The molecule has 0 saturated heterocycles. The SMILES string of the molecule is OCc1cn(Cc2nc(Cc3ccccc3)no2)nn1. The van der Waals surface area contributed by atoms with E-state index in [4.69, 9.17) is 9.63 Å². The van der Waals surface area contributed by atoms with Crippen molar-refractivity contribution < 1.29 is 9.63 Å². The molecule has 0 unspecified atom stereocenters. The van der Waals surface area contributed by atoms with E-state index >= 15 is 0 Å². The highest BCUT2D eigenvalue weighted by molar-refractivity contribution is 5.18. The van der Waals surface area contributed by atoms with Gasteiger partial charge in [0.2, 0.25) is 5.89 Å². The van der Waals surface area contributed by atoms with Crippen molar-refractivity contribution in [2.75, 3.05) is 0 Å². The van der Waals surface area contributed by atoms with Crippen LogP contribution in [0.4, 0.5) is 0 Å². The summed E-state index contributed by atoms with van der Waals surface area (Å²) in [4.78, 5) is 4.31. The van der Waals surface area contributed by atoms with E-state index in [2.05, 4.69) is 20.5 Å². The quantitative estimate of drug-likeness (QED) is 0.738. The summed E-state index contributed by atoms with van der Waals surface area (Å²) in [6.07, 6.45) is 2.27. The molecule has 0 bridgehead atoms. The van der Waals surface area contributed by atoms with Crippen molar-refractivity contribution in [3.63, 3.8) is 0 Å². The van der Waals surface area contributed by atoms with Crippen LogP contribution in [0.2, 0.25) is 0 Å². The van der Waals surface area contributed by atoms with Crippen molar-refractivity contribution >= 4 is 0 Å². The van der Waals surface area contributed by atoms with Crippen LogP contribution in [0.25, 0.3) is 0 Å². The van der Waals surface area contributed by atoms with E-state index in [0.717, 1.165) is 5.56 Å². The average Bonchev–Trinajstić information content (AvgIpc) is 3.10. The maximum atomic E-state index is 8.92. The number of benzene rings is 1. The van der Waals surface area contributed by atoms with Crippen molar-refractivity contribution in [1.82, 2.24) is 25.1 Å². The number of nitrogens with zero attached hydrogens (tertiary/aromatic N) is 5. The first-order chi connectivity index (χ1) is 9.83. The van der Waals surface area contributed by atoms with Gasteiger partial charge in [0.25, 0.3) is 0 Å². The van der Waals surface area contributed by atoms with Gasteiger partial charge in [0, 0.05) is 6.42 Å². The van der Waals surface area contributed by atoms with Gasteiger partial charge in [0.05, 0.1) is 12.8 Å². The summed E-state index contributed by atoms with van der Waals surface area (Å²) in [5.74, 6) is 1.10. The van der Waals surface area contributed by atoms with Crippen LogP contribution < -0.4 is 0 Å². The molecule has 1 N–H and O–H groups in total. The summed E-state index contributed by atoms with van der Waals surface area (Å²) in [7, 11) is 0. The molecule has 102 valence electrons. The summed E-state index contributed by atoms with van der Waals surface area (Å²) in [5, 5.41) is 20.5. The maximum absolute atomic E-state index is 8.92. The lowest BCUT2D eigenvalue weighted by molar-refractivity contribution is 0.276. The summed E-state index contributed by atoms with van der Waals surface area (Å²) in [6.45, 7) is 0.206. The van der Waals surface area contributed by atoms with E-state index in [1.54, 1.807) is 10.9 Å². The van der Waals surface area contributed by atoms with Gasteiger partial charge in [0.15, 0.2) is 5.82 Å². The largest absolute Gasteiger partial charge is 0.390 e. The Balaban J connectivity index is 1.67. The third kappa shape index (κ3) is 2.89. The van der Waals surface area contributed by atoms with Gasteiger partial charge in [-0.25, -0.2) is 4.68 Å². The molecule has 0 aliphatic rings. The third-order valence-corrected chi connectivity index (χ3v) is 2.76. The Hall–Kier alpha value is -2.54. The minimum atomic E-state index is -0.136. The minimum absolute atomic E-state index is 0.136. The van der Waals surface area contributed by atoms with Gasteiger partial charge in [-0.2, -0.15) is 4.98 Å². The van der Waals surface area contributed by atoms with Gasteiger partial charge in [-0.05, 0) is 5.56 Å². The third-order valence-electron chi connectivity index (χ3n) is 2.76. The highest BCUT2D eigenvalue weighted by Gasteiger charge is 2.09. The second-order valence-electron chi connectivity index (χ2n) is 4.33. The molecule has 0 radical (unpaired) electrons. The van der Waals surface area contributed by atoms with Crippen LogP contribution >= 0.6 is 0 Å². The number of rotatable bonds is 5. The molecule has 1 aromatic carbocycles. The Bertz CT molecular complexity index is 677. The average molecular weight is 271 g/mol. The minimum Gasteiger partial charge on any atom is -0.390 e. The Labute approximate surface area is 114 Å². The Morgan fingerprint density at radius 3 is 2.80 bits per heavy atom. The molecular formula is C13H13N5O2. The fraction of sp³-hybridized carbons (Fsp3) is 0.231. The van der Waals surface area contributed by atoms with Crippen LogP contribution in [0.15, 0.2) is 41.1 Å². The van der Waals surface area contributed by atoms with E-state index in [0.29, 0.717) is 30.4 Å². The number of aliphatic hydroxyl groups excluding tert-OH is 1. The molecule has 7 heteroatoms. The lowest BCUT2D eigenvalue weighted by Crippen LogP contribution is -2.01. The monoisotopic (exact) mass is 271 g/mol. The second-order valence-corrected chi connectivity index (χ2v) is 4.33. The first-order valence-electron chi connectivity index (χ1n) is 6.19. The van der Waals surface area contributed by atoms with Gasteiger partial charge in [0.1, 0.15) is 12.2 Å². The van der Waals surface area contributed by atoms with Crippen LogP contribution in [-0.4, -0.2) is 30.2 Å². The van der Waals surface area contributed by atoms with E-state index in [9.17, 15) is 0 Å². The van der Waals surface area contributed by atoms with Crippen LogP contribution in [0, 0.1) is 0 Å². The molecule has 0 fully saturated rings. The maximum Gasteiger partial charge on any atom is 0.248 e. The number of aromatic nitrogens is 5. The van der Waals surface area contributed by atoms with Gasteiger partial charge >= 0.3 is 0 Å². The first kappa shape index (κ1) is 12.5. The molecule has 0 amide bonds. The van der Waals surface area contributed by atoms with E-state index in [1.165, 1.54) is 0 Å². The standard InChI is InChI=1S/C13H13N5O2/c19-9-11-7-18(17-15-11)8-13-14-12(16-20-13)6-10-4-2-1-3-5-10/h1-5,7,19H,6,8-9H2. The van der Waals surface area contributed by atoms with Crippen LogP contribution in [0.5, 0.6) is 0 Å². The smallest absolute Gasteiger partial charge is 0.248 e. The number of aliphatic hydroxyl groups is 1. The molecule has 2 heterocycles. The molecule has 0 saturated carbocycles. The number of hydrogen-bond acceptors (Lipinski definition) is 6. The molecule has 3 aromatic rings. The van der Waals surface area contributed by atoms with Crippen molar-refractivity contribution in [3.8, 4) is 0 Å². The lowest BCUT2D eigenvalue weighted by atomic mass is 10.1. The molecule has 0 atom stereocenters. The highest BCUT2D eigenvalue weighted by atomic mass is 16.5. The zero-order valence-electron chi connectivity index (χ0n) is 10.7. The summed E-state index contributed by atoms with van der Waals surface area (Å²) < 4.78 is 6.72. The Morgan fingerprint density at radius 2 is 2.05 bits per heavy atom. The molecule has 0 spiro atoms. The molecule has 0 aliphatic carbocycles. The second kappa shape index (κ2) is 5.62. The lowest BCUT2D eigenvalue weighted by Gasteiger charge is -1.94. The zero-order valence-corrected chi connectivity index (χ0v) is 10.7. The van der Waals surface area contributed by atoms with E-state index < -0.39 is 0 Å². The van der Waals surface area contributed by atoms with Crippen molar-refractivity contribution in [2.45, 2.75) is 19.6 Å². The van der Waals surface area contributed by atoms with Crippen molar-refractivity contribution in [2.24, 2.45) is 0 Å². The number of hydrogen-bond donors (Lipinski definition) is 1.